The van der Waals surface area contributed by atoms with Crippen LogP contribution in [0.25, 0.3) is 0 Å². The Morgan fingerprint density at radius 2 is 1.80 bits per heavy atom. The average molecular weight is 285 g/mol. The minimum absolute atomic E-state index is 0.123. The molecule has 0 spiro atoms. The smallest absolute Gasteiger partial charge is 0.407 e. The molecular weight excluding hydrogens is 254 g/mol. The monoisotopic (exact) mass is 285 g/mol. The van der Waals surface area contributed by atoms with Crippen LogP contribution in [-0.4, -0.2) is 43.4 Å². The van der Waals surface area contributed by atoms with Gasteiger partial charge in [0.15, 0.2) is 0 Å². The molecule has 1 amide bonds. The standard InChI is InChI=1S/C15H31N3O2/c1-14(2,3)20-13(19)17-11-15(4,5)18-10-12-6-8-16-9-7-12/h12,16,18H,6-11H2,1-5H3,(H,17,19). The van der Waals surface area contributed by atoms with E-state index in [2.05, 4.69) is 29.8 Å². The number of nitrogens with one attached hydrogen (secondary N) is 3. The summed E-state index contributed by atoms with van der Waals surface area (Å²) in [6.45, 7) is 13.6. The van der Waals surface area contributed by atoms with Crippen molar-refractivity contribution in [3.05, 3.63) is 0 Å². The zero-order valence-corrected chi connectivity index (χ0v) is 13.6. The number of hydrogen-bond acceptors (Lipinski definition) is 4. The molecule has 1 aliphatic heterocycles. The van der Waals surface area contributed by atoms with Crippen molar-refractivity contribution >= 4 is 6.09 Å². The summed E-state index contributed by atoms with van der Waals surface area (Å²) in [6, 6.07) is 0. The van der Waals surface area contributed by atoms with Crippen molar-refractivity contribution in [2.45, 2.75) is 58.6 Å². The van der Waals surface area contributed by atoms with Crippen molar-refractivity contribution in [2.24, 2.45) is 5.92 Å². The van der Waals surface area contributed by atoms with Gasteiger partial charge in [0.1, 0.15) is 5.60 Å². The van der Waals surface area contributed by atoms with Crippen molar-refractivity contribution in [3.63, 3.8) is 0 Å². The van der Waals surface area contributed by atoms with Gasteiger partial charge in [0.25, 0.3) is 0 Å². The molecule has 5 nitrogen and oxygen atoms in total. The molecule has 0 aliphatic carbocycles. The third kappa shape index (κ3) is 7.70. The molecule has 20 heavy (non-hydrogen) atoms. The quantitative estimate of drug-likeness (QED) is 0.722. The van der Waals surface area contributed by atoms with Crippen LogP contribution in [-0.2, 0) is 4.74 Å². The van der Waals surface area contributed by atoms with E-state index in [0.29, 0.717) is 6.54 Å². The number of amides is 1. The van der Waals surface area contributed by atoms with E-state index in [1.807, 2.05) is 20.8 Å². The summed E-state index contributed by atoms with van der Waals surface area (Å²) in [4.78, 5) is 11.6. The van der Waals surface area contributed by atoms with Crippen molar-refractivity contribution in [3.8, 4) is 0 Å². The van der Waals surface area contributed by atoms with Gasteiger partial charge in [-0.25, -0.2) is 4.79 Å². The van der Waals surface area contributed by atoms with E-state index in [-0.39, 0.29) is 11.6 Å². The van der Waals surface area contributed by atoms with E-state index < -0.39 is 5.60 Å². The zero-order chi connectivity index (χ0) is 15.2. The molecule has 0 atom stereocenters. The second-order valence-corrected chi connectivity index (χ2v) is 7.31. The van der Waals surface area contributed by atoms with Gasteiger partial charge in [0, 0.05) is 12.1 Å². The second kappa shape index (κ2) is 7.27. The molecule has 0 aromatic carbocycles. The fourth-order valence-corrected chi connectivity index (χ4v) is 2.18. The Morgan fingerprint density at radius 3 is 2.35 bits per heavy atom. The van der Waals surface area contributed by atoms with Crippen LogP contribution in [0.15, 0.2) is 0 Å². The highest BCUT2D eigenvalue weighted by atomic mass is 16.6. The van der Waals surface area contributed by atoms with Crippen LogP contribution in [0, 0.1) is 5.92 Å². The summed E-state index contributed by atoms with van der Waals surface area (Å²) in [5.74, 6) is 0.733. The lowest BCUT2D eigenvalue weighted by Crippen LogP contribution is -2.51. The Kier molecular flexibility index (Phi) is 6.27. The van der Waals surface area contributed by atoms with Crippen molar-refractivity contribution in [2.75, 3.05) is 26.2 Å². The van der Waals surface area contributed by atoms with Crippen LogP contribution < -0.4 is 16.0 Å². The highest BCUT2D eigenvalue weighted by Gasteiger charge is 2.23. The van der Waals surface area contributed by atoms with E-state index in [9.17, 15) is 4.79 Å². The Labute approximate surface area is 123 Å². The van der Waals surface area contributed by atoms with Gasteiger partial charge in [0.2, 0.25) is 0 Å². The lowest BCUT2D eigenvalue weighted by atomic mass is 9.96. The van der Waals surface area contributed by atoms with Gasteiger partial charge in [0.05, 0.1) is 0 Å². The summed E-state index contributed by atoms with van der Waals surface area (Å²) >= 11 is 0. The Bertz CT molecular complexity index is 305. The Hall–Kier alpha value is -0.810. The minimum atomic E-state index is -0.448. The van der Waals surface area contributed by atoms with Gasteiger partial charge in [-0.1, -0.05) is 0 Å². The van der Waals surface area contributed by atoms with Gasteiger partial charge in [-0.15, -0.1) is 0 Å². The average Bonchev–Trinajstić information content (AvgIpc) is 2.34. The summed E-state index contributed by atoms with van der Waals surface area (Å²) < 4.78 is 5.24. The van der Waals surface area contributed by atoms with Crippen molar-refractivity contribution < 1.29 is 9.53 Å². The molecule has 0 saturated carbocycles. The van der Waals surface area contributed by atoms with Gasteiger partial charge in [-0.3, -0.25) is 0 Å². The molecule has 5 heteroatoms. The second-order valence-electron chi connectivity index (χ2n) is 7.31. The number of piperidine rings is 1. The zero-order valence-electron chi connectivity index (χ0n) is 13.6. The molecule has 0 bridgehead atoms. The highest BCUT2D eigenvalue weighted by molar-refractivity contribution is 5.67. The van der Waals surface area contributed by atoms with Crippen LogP contribution in [0.2, 0.25) is 0 Å². The predicted octanol–water partition coefficient (Wildman–Crippen LogP) is 1.88. The Balaban J connectivity index is 2.24. The van der Waals surface area contributed by atoms with E-state index in [1.165, 1.54) is 12.8 Å². The summed E-state index contributed by atoms with van der Waals surface area (Å²) in [5, 5.41) is 9.75. The lowest BCUT2D eigenvalue weighted by molar-refractivity contribution is 0.0513. The molecular formula is C15H31N3O2. The maximum absolute atomic E-state index is 11.6. The third-order valence-corrected chi connectivity index (χ3v) is 3.40. The maximum Gasteiger partial charge on any atom is 0.407 e. The van der Waals surface area contributed by atoms with E-state index in [0.717, 1.165) is 25.6 Å². The summed E-state index contributed by atoms with van der Waals surface area (Å²) in [5.41, 5.74) is -0.571. The van der Waals surface area contributed by atoms with Gasteiger partial charge >= 0.3 is 6.09 Å². The molecule has 0 aromatic rings. The first-order valence-electron chi connectivity index (χ1n) is 7.60. The number of carbonyl (C=O) groups excluding carboxylic acids is 1. The van der Waals surface area contributed by atoms with Crippen molar-refractivity contribution in [1.82, 2.24) is 16.0 Å². The minimum Gasteiger partial charge on any atom is -0.444 e. The molecule has 1 saturated heterocycles. The van der Waals surface area contributed by atoms with E-state index in [1.54, 1.807) is 0 Å². The Morgan fingerprint density at radius 1 is 1.20 bits per heavy atom. The number of alkyl carbamates (subject to hydrolysis) is 1. The molecule has 1 heterocycles. The first-order chi connectivity index (χ1) is 9.18. The number of carbonyl (C=O) groups is 1. The fourth-order valence-electron chi connectivity index (χ4n) is 2.18. The van der Waals surface area contributed by atoms with Crippen LogP contribution in [0.1, 0.15) is 47.5 Å². The predicted molar refractivity (Wildman–Crippen MR) is 81.9 cm³/mol. The van der Waals surface area contributed by atoms with Gasteiger partial charge < -0.3 is 20.7 Å². The van der Waals surface area contributed by atoms with Crippen molar-refractivity contribution in [1.29, 1.82) is 0 Å². The molecule has 0 unspecified atom stereocenters. The molecule has 0 radical (unpaired) electrons. The molecule has 0 aromatic heterocycles. The number of rotatable bonds is 5. The molecule has 118 valence electrons. The van der Waals surface area contributed by atoms with E-state index >= 15 is 0 Å². The van der Waals surface area contributed by atoms with Crippen LogP contribution >= 0.6 is 0 Å². The molecule has 1 rings (SSSR count). The third-order valence-electron chi connectivity index (χ3n) is 3.40. The molecule has 1 fully saturated rings. The van der Waals surface area contributed by atoms with E-state index in [4.69, 9.17) is 4.74 Å². The normalized spacial score (nSPS) is 17.9. The maximum atomic E-state index is 11.6. The van der Waals surface area contributed by atoms with Crippen LogP contribution in [0.5, 0.6) is 0 Å². The lowest BCUT2D eigenvalue weighted by Gasteiger charge is -2.31. The fraction of sp³-hybridized carbons (Fsp3) is 0.933. The first-order valence-corrected chi connectivity index (χ1v) is 7.60. The largest absolute Gasteiger partial charge is 0.444 e. The molecule has 1 aliphatic rings. The summed E-state index contributed by atoms with van der Waals surface area (Å²) in [7, 11) is 0. The number of ether oxygens (including phenoxy) is 1. The van der Waals surface area contributed by atoms with Gasteiger partial charge in [-0.2, -0.15) is 0 Å². The molecule has 3 N–H and O–H groups in total. The number of hydrogen-bond donors (Lipinski definition) is 3. The topological polar surface area (TPSA) is 62.4 Å². The SMILES string of the molecule is CC(C)(CNC(=O)OC(C)(C)C)NCC1CCNCC1. The van der Waals surface area contributed by atoms with Gasteiger partial charge in [-0.05, 0) is 73.0 Å². The van der Waals surface area contributed by atoms with Crippen LogP contribution in [0.3, 0.4) is 0 Å². The van der Waals surface area contributed by atoms with Crippen LogP contribution in [0.4, 0.5) is 4.79 Å². The highest BCUT2D eigenvalue weighted by Crippen LogP contribution is 2.12. The summed E-state index contributed by atoms with van der Waals surface area (Å²) in [6.07, 6.45) is 2.10. The first kappa shape index (κ1) is 17.2.